The van der Waals surface area contributed by atoms with Crippen molar-refractivity contribution < 1.29 is 9.53 Å². The third kappa shape index (κ3) is 4.71. The molecule has 6 nitrogen and oxygen atoms in total. The van der Waals surface area contributed by atoms with Gasteiger partial charge in [0.2, 0.25) is 0 Å². The van der Waals surface area contributed by atoms with Crippen LogP contribution < -0.4 is 5.32 Å². The van der Waals surface area contributed by atoms with Gasteiger partial charge in [-0.05, 0) is 6.42 Å². The average Bonchev–Trinajstić information content (AvgIpc) is 2.74. The Balaban J connectivity index is 2.08. The van der Waals surface area contributed by atoms with E-state index in [9.17, 15) is 4.79 Å². The molecule has 1 aliphatic rings. The molecule has 0 spiro atoms. The molecule has 0 aliphatic carbocycles. The van der Waals surface area contributed by atoms with Crippen LogP contribution in [0.15, 0.2) is 0 Å². The van der Waals surface area contributed by atoms with Crippen molar-refractivity contribution in [3.8, 4) is 12.1 Å². The highest BCUT2D eigenvalue weighted by molar-refractivity contribution is 5.76. The summed E-state index contributed by atoms with van der Waals surface area (Å²) in [6.45, 7) is 2.69. The highest BCUT2D eigenvalue weighted by Gasteiger charge is 2.18. The third-order valence-corrected chi connectivity index (χ3v) is 2.56. The molecule has 1 unspecified atom stereocenters. The second kappa shape index (κ2) is 7.48. The quantitative estimate of drug-likeness (QED) is 0.651. The molecule has 1 rings (SSSR count). The maximum atomic E-state index is 11.2. The zero-order valence-electron chi connectivity index (χ0n) is 9.69. The molecule has 1 N–H and O–H groups in total. The molecule has 0 aromatic carbocycles. The molecule has 1 aliphatic heterocycles. The smallest absolute Gasteiger partial charge is 0.317 e. The van der Waals surface area contributed by atoms with E-state index in [4.69, 9.17) is 15.3 Å². The fourth-order valence-corrected chi connectivity index (χ4v) is 1.55. The van der Waals surface area contributed by atoms with Crippen molar-refractivity contribution in [1.29, 1.82) is 10.5 Å². The van der Waals surface area contributed by atoms with Gasteiger partial charge in [0, 0.05) is 26.1 Å². The molecule has 1 saturated heterocycles. The minimum Gasteiger partial charge on any atom is -0.378 e. The maximum absolute atomic E-state index is 11.2. The highest BCUT2D eigenvalue weighted by atomic mass is 16.5. The Labute approximate surface area is 101 Å². The van der Waals surface area contributed by atoms with Gasteiger partial charge in [0.1, 0.15) is 0 Å². The fraction of sp³-hybridized carbons (Fsp3) is 0.727. The van der Waals surface area contributed by atoms with Gasteiger partial charge >= 0.3 is 6.03 Å². The summed E-state index contributed by atoms with van der Waals surface area (Å²) < 4.78 is 5.34. The first-order valence-electron chi connectivity index (χ1n) is 5.65. The molecule has 17 heavy (non-hydrogen) atoms. The van der Waals surface area contributed by atoms with Crippen LogP contribution in [0.25, 0.3) is 0 Å². The highest BCUT2D eigenvalue weighted by Crippen LogP contribution is 2.05. The second-order valence-electron chi connectivity index (χ2n) is 3.82. The summed E-state index contributed by atoms with van der Waals surface area (Å²) in [6, 6.07) is 4.05. The van der Waals surface area contributed by atoms with Crippen molar-refractivity contribution in [2.24, 2.45) is 5.92 Å². The van der Waals surface area contributed by atoms with Crippen LogP contribution in [0.5, 0.6) is 0 Å². The number of nitriles is 2. The number of nitrogens with one attached hydrogen (secondary N) is 1. The van der Waals surface area contributed by atoms with E-state index in [0.717, 1.165) is 0 Å². The summed E-state index contributed by atoms with van der Waals surface area (Å²) in [5, 5.41) is 19.9. The Morgan fingerprint density at radius 1 is 1.53 bits per heavy atom. The number of amides is 2. The summed E-state index contributed by atoms with van der Waals surface area (Å²) in [7, 11) is 0. The Kier molecular flexibility index (Phi) is 5.84. The SMILES string of the molecule is N#CCCC(C#N)COCCN1CCNC1=O. The lowest BCUT2D eigenvalue weighted by Crippen LogP contribution is -2.31. The minimum absolute atomic E-state index is 0.0603. The van der Waals surface area contributed by atoms with Gasteiger partial charge in [-0.15, -0.1) is 0 Å². The predicted octanol–water partition coefficient (Wildman–Crippen LogP) is 0.472. The molecule has 1 fully saturated rings. The van der Waals surface area contributed by atoms with Crippen molar-refractivity contribution in [1.82, 2.24) is 10.2 Å². The van der Waals surface area contributed by atoms with Crippen LogP contribution in [0.1, 0.15) is 12.8 Å². The van der Waals surface area contributed by atoms with Crippen molar-refractivity contribution in [3.05, 3.63) is 0 Å². The van der Waals surface area contributed by atoms with E-state index in [0.29, 0.717) is 45.7 Å². The van der Waals surface area contributed by atoms with Gasteiger partial charge in [-0.1, -0.05) is 0 Å². The number of carbonyl (C=O) groups is 1. The van der Waals surface area contributed by atoms with Gasteiger partial charge in [0.25, 0.3) is 0 Å². The number of nitrogens with zero attached hydrogens (tertiary/aromatic N) is 3. The maximum Gasteiger partial charge on any atom is 0.317 e. The Morgan fingerprint density at radius 3 is 2.94 bits per heavy atom. The molecule has 0 aromatic heterocycles. The molecule has 1 heterocycles. The zero-order valence-corrected chi connectivity index (χ0v) is 9.69. The lowest BCUT2D eigenvalue weighted by Gasteiger charge is -2.14. The molecular formula is C11H16N4O2. The topological polar surface area (TPSA) is 89.2 Å². The first-order chi connectivity index (χ1) is 8.27. The van der Waals surface area contributed by atoms with E-state index in [1.165, 1.54) is 0 Å². The Hall–Kier alpha value is -1.79. The van der Waals surface area contributed by atoms with Crippen molar-refractivity contribution in [2.75, 3.05) is 32.8 Å². The number of carbonyl (C=O) groups excluding carboxylic acids is 1. The standard InChI is InChI=1S/C11H16N4O2/c12-3-1-2-10(8-13)9-17-7-6-15-5-4-14-11(15)16/h10H,1-2,4-7,9H2,(H,14,16). The van der Waals surface area contributed by atoms with Crippen LogP contribution in [0.2, 0.25) is 0 Å². The summed E-state index contributed by atoms with van der Waals surface area (Å²) in [4.78, 5) is 12.8. The van der Waals surface area contributed by atoms with Gasteiger partial charge in [-0.2, -0.15) is 10.5 Å². The van der Waals surface area contributed by atoms with E-state index >= 15 is 0 Å². The molecule has 2 amide bonds. The molecule has 1 atom stereocenters. The largest absolute Gasteiger partial charge is 0.378 e. The predicted molar refractivity (Wildman–Crippen MR) is 59.7 cm³/mol. The monoisotopic (exact) mass is 236 g/mol. The number of urea groups is 1. The first kappa shape index (κ1) is 13.3. The van der Waals surface area contributed by atoms with E-state index in [-0.39, 0.29) is 11.9 Å². The summed E-state index contributed by atoms with van der Waals surface area (Å²) in [6.07, 6.45) is 0.910. The zero-order chi connectivity index (χ0) is 12.5. The van der Waals surface area contributed by atoms with Crippen molar-refractivity contribution >= 4 is 6.03 Å². The lowest BCUT2D eigenvalue weighted by molar-refractivity contribution is 0.0977. The molecule has 6 heteroatoms. The van der Waals surface area contributed by atoms with Crippen LogP contribution in [-0.4, -0.2) is 43.8 Å². The molecule has 0 saturated carbocycles. The summed E-state index contributed by atoms with van der Waals surface area (Å²) in [5.74, 6) is -0.234. The summed E-state index contributed by atoms with van der Waals surface area (Å²) >= 11 is 0. The van der Waals surface area contributed by atoms with Crippen LogP contribution in [-0.2, 0) is 4.74 Å². The Bertz CT molecular complexity index is 331. The lowest BCUT2D eigenvalue weighted by atomic mass is 10.1. The van der Waals surface area contributed by atoms with Gasteiger partial charge in [-0.3, -0.25) is 0 Å². The van der Waals surface area contributed by atoms with Crippen LogP contribution in [0.4, 0.5) is 4.79 Å². The molecule has 0 bridgehead atoms. The van der Waals surface area contributed by atoms with Crippen molar-refractivity contribution in [3.63, 3.8) is 0 Å². The van der Waals surface area contributed by atoms with E-state index < -0.39 is 0 Å². The Morgan fingerprint density at radius 2 is 2.35 bits per heavy atom. The average molecular weight is 236 g/mol. The van der Waals surface area contributed by atoms with Gasteiger partial charge in [0.15, 0.2) is 0 Å². The van der Waals surface area contributed by atoms with Gasteiger partial charge in [0.05, 0.1) is 31.3 Å². The number of hydrogen-bond donors (Lipinski definition) is 1. The molecule has 92 valence electrons. The molecular weight excluding hydrogens is 220 g/mol. The van der Waals surface area contributed by atoms with Crippen molar-refractivity contribution in [2.45, 2.75) is 12.8 Å². The molecule has 0 radical (unpaired) electrons. The second-order valence-corrected chi connectivity index (χ2v) is 3.82. The number of ether oxygens (including phenoxy) is 1. The third-order valence-electron chi connectivity index (χ3n) is 2.56. The minimum atomic E-state index is -0.234. The van der Waals surface area contributed by atoms with Crippen LogP contribution in [0, 0.1) is 28.6 Å². The number of rotatable bonds is 7. The van der Waals surface area contributed by atoms with Crippen LogP contribution in [0.3, 0.4) is 0 Å². The van der Waals surface area contributed by atoms with Crippen LogP contribution >= 0.6 is 0 Å². The summed E-state index contributed by atoms with van der Waals surface area (Å²) in [5.41, 5.74) is 0. The fourth-order valence-electron chi connectivity index (χ4n) is 1.55. The van der Waals surface area contributed by atoms with Gasteiger partial charge < -0.3 is 15.0 Å². The van der Waals surface area contributed by atoms with Gasteiger partial charge in [-0.25, -0.2) is 4.79 Å². The van der Waals surface area contributed by atoms with E-state index in [1.54, 1.807) is 4.90 Å². The molecule has 0 aromatic rings. The van der Waals surface area contributed by atoms with E-state index in [2.05, 4.69) is 11.4 Å². The normalized spacial score (nSPS) is 16.1. The van der Waals surface area contributed by atoms with E-state index in [1.807, 2.05) is 6.07 Å². The number of hydrogen-bond acceptors (Lipinski definition) is 4. The first-order valence-corrected chi connectivity index (χ1v) is 5.65.